The van der Waals surface area contributed by atoms with Gasteiger partial charge >= 0.3 is 5.97 Å². The SMILES string of the molecule is CCOC(=O)c1ccc2c(c1O)[C@@H](O)O[C@H](C)C2. The van der Waals surface area contributed by atoms with Crippen LogP contribution in [0.2, 0.25) is 0 Å². The van der Waals surface area contributed by atoms with Crippen LogP contribution in [0.1, 0.15) is 41.6 Å². The second-order valence-corrected chi connectivity index (χ2v) is 4.26. The van der Waals surface area contributed by atoms with Gasteiger partial charge < -0.3 is 19.7 Å². The van der Waals surface area contributed by atoms with E-state index in [1.807, 2.05) is 6.92 Å². The van der Waals surface area contributed by atoms with E-state index in [0.717, 1.165) is 5.56 Å². The summed E-state index contributed by atoms with van der Waals surface area (Å²) in [6.45, 7) is 3.75. The van der Waals surface area contributed by atoms with Gasteiger partial charge in [0.2, 0.25) is 0 Å². The van der Waals surface area contributed by atoms with Crippen LogP contribution in [0.25, 0.3) is 0 Å². The Kier molecular flexibility index (Phi) is 3.54. The Morgan fingerprint density at radius 3 is 2.94 bits per heavy atom. The van der Waals surface area contributed by atoms with Crippen molar-refractivity contribution in [1.82, 2.24) is 0 Å². The Bertz CT molecular complexity index is 469. The van der Waals surface area contributed by atoms with Gasteiger partial charge in [-0.3, -0.25) is 0 Å². The van der Waals surface area contributed by atoms with E-state index in [1.54, 1.807) is 13.0 Å². The van der Waals surface area contributed by atoms with E-state index in [9.17, 15) is 15.0 Å². The van der Waals surface area contributed by atoms with E-state index in [0.29, 0.717) is 6.42 Å². The van der Waals surface area contributed by atoms with Gasteiger partial charge in [-0.2, -0.15) is 0 Å². The molecule has 1 heterocycles. The second-order valence-electron chi connectivity index (χ2n) is 4.26. The molecule has 0 unspecified atom stereocenters. The van der Waals surface area contributed by atoms with E-state index in [1.165, 1.54) is 6.07 Å². The quantitative estimate of drug-likeness (QED) is 0.780. The predicted molar refractivity (Wildman–Crippen MR) is 63.3 cm³/mol. The molecule has 0 amide bonds. The fraction of sp³-hybridized carbons (Fsp3) is 0.462. The molecular formula is C13H16O5. The lowest BCUT2D eigenvalue weighted by Crippen LogP contribution is -2.24. The lowest BCUT2D eigenvalue weighted by Gasteiger charge is -2.28. The van der Waals surface area contributed by atoms with Crippen LogP contribution in [-0.4, -0.2) is 28.9 Å². The van der Waals surface area contributed by atoms with Gasteiger partial charge in [0.15, 0.2) is 6.29 Å². The number of ether oxygens (including phenoxy) is 2. The van der Waals surface area contributed by atoms with E-state index in [-0.39, 0.29) is 29.6 Å². The van der Waals surface area contributed by atoms with Crippen LogP contribution in [0, 0.1) is 0 Å². The van der Waals surface area contributed by atoms with E-state index >= 15 is 0 Å². The molecule has 0 saturated carbocycles. The predicted octanol–water partition coefficient (Wildman–Crippen LogP) is 1.52. The molecule has 0 spiro atoms. The van der Waals surface area contributed by atoms with E-state index in [4.69, 9.17) is 9.47 Å². The Morgan fingerprint density at radius 1 is 1.56 bits per heavy atom. The average molecular weight is 252 g/mol. The number of rotatable bonds is 2. The number of benzene rings is 1. The van der Waals surface area contributed by atoms with Crippen LogP contribution in [0.5, 0.6) is 5.75 Å². The van der Waals surface area contributed by atoms with Crippen molar-refractivity contribution in [3.05, 3.63) is 28.8 Å². The Morgan fingerprint density at radius 2 is 2.28 bits per heavy atom. The van der Waals surface area contributed by atoms with Crippen LogP contribution >= 0.6 is 0 Å². The van der Waals surface area contributed by atoms with E-state index < -0.39 is 12.3 Å². The van der Waals surface area contributed by atoms with Gasteiger partial charge in [0, 0.05) is 0 Å². The molecule has 2 rings (SSSR count). The highest BCUT2D eigenvalue weighted by molar-refractivity contribution is 5.93. The number of aromatic hydroxyl groups is 1. The molecule has 1 aromatic rings. The monoisotopic (exact) mass is 252 g/mol. The third-order valence-corrected chi connectivity index (χ3v) is 2.92. The number of carbonyl (C=O) groups is 1. The minimum Gasteiger partial charge on any atom is -0.507 e. The summed E-state index contributed by atoms with van der Waals surface area (Å²) in [5.41, 5.74) is 1.10. The van der Waals surface area contributed by atoms with Gasteiger partial charge in [-0.15, -0.1) is 0 Å². The molecule has 0 saturated heterocycles. The van der Waals surface area contributed by atoms with Gasteiger partial charge in [0.25, 0.3) is 0 Å². The zero-order valence-corrected chi connectivity index (χ0v) is 10.3. The first-order valence-corrected chi connectivity index (χ1v) is 5.90. The molecule has 0 radical (unpaired) electrons. The lowest BCUT2D eigenvalue weighted by molar-refractivity contribution is -0.144. The number of hydrogen-bond donors (Lipinski definition) is 2. The van der Waals surface area contributed by atoms with Crippen molar-refractivity contribution in [2.45, 2.75) is 32.7 Å². The van der Waals surface area contributed by atoms with Gasteiger partial charge in [-0.1, -0.05) is 6.07 Å². The molecule has 2 atom stereocenters. The normalized spacial score (nSPS) is 22.4. The highest BCUT2D eigenvalue weighted by Crippen LogP contribution is 2.37. The minimum atomic E-state index is -1.21. The average Bonchev–Trinajstić information content (AvgIpc) is 2.28. The number of hydrogen-bond acceptors (Lipinski definition) is 5. The largest absolute Gasteiger partial charge is 0.507 e. The van der Waals surface area contributed by atoms with Crippen LogP contribution < -0.4 is 0 Å². The number of fused-ring (bicyclic) bond motifs is 1. The Hall–Kier alpha value is -1.59. The molecule has 1 aromatic carbocycles. The van der Waals surface area contributed by atoms with Gasteiger partial charge in [-0.05, 0) is 31.9 Å². The zero-order chi connectivity index (χ0) is 13.3. The molecule has 0 aliphatic carbocycles. The topological polar surface area (TPSA) is 76.0 Å². The fourth-order valence-electron chi connectivity index (χ4n) is 2.12. The number of phenolic OH excluding ortho intramolecular Hbond substituents is 1. The summed E-state index contributed by atoms with van der Waals surface area (Å²) >= 11 is 0. The van der Waals surface area contributed by atoms with Crippen LogP contribution in [-0.2, 0) is 15.9 Å². The summed E-state index contributed by atoms with van der Waals surface area (Å²) in [6.07, 6.45) is -0.748. The summed E-state index contributed by atoms with van der Waals surface area (Å²) in [6, 6.07) is 3.22. The van der Waals surface area contributed by atoms with Crippen molar-refractivity contribution in [2.24, 2.45) is 0 Å². The highest BCUT2D eigenvalue weighted by Gasteiger charge is 2.29. The zero-order valence-electron chi connectivity index (χ0n) is 10.3. The first kappa shape index (κ1) is 12.9. The molecule has 1 aliphatic rings. The molecular weight excluding hydrogens is 236 g/mol. The number of phenols is 1. The molecule has 1 aliphatic heterocycles. The lowest BCUT2D eigenvalue weighted by atomic mass is 9.95. The van der Waals surface area contributed by atoms with Crippen LogP contribution in [0.3, 0.4) is 0 Å². The number of aliphatic hydroxyl groups is 1. The summed E-state index contributed by atoms with van der Waals surface area (Å²) < 4.78 is 10.1. The van der Waals surface area contributed by atoms with Crippen molar-refractivity contribution in [3.8, 4) is 5.75 Å². The summed E-state index contributed by atoms with van der Waals surface area (Å²) in [7, 11) is 0. The maximum atomic E-state index is 11.6. The molecule has 18 heavy (non-hydrogen) atoms. The van der Waals surface area contributed by atoms with Crippen LogP contribution in [0.4, 0.5) is 0 Å². The van der Waals surface area contributed by atoms with Crippen molar-refractivity contribution >= 4 is 5.97 Å². The third kappa shape index (κ3) is 2.19. The minimum absolute atomic E-state index is 0.0489. The molecule has 5 nitrogen and oxygen atoms in total. The van der Waals surface area contributed by atoms with Crippen molar-refractivity contribution in [1.29, 1.82) is 0 Å². The molecule has 0 aromatic heterocycles. The van der Waals surface area contributed by atoms with Crippen LogP contribution in [0.15, 0.2) is 12.1 Å². The van der Waals surface area contributed by atoms with Crippen molar-refractivity contribution < 1.29 is 24.5 Å². The third-order valence-electron chi connectivity index (χ3n) is 2.92. The highest BCUT2D eigenvalue weighted by atomic mass is 16.6. The first-order chi connectivity index (χ1) is 8.54. The molecule has 0 fully saturated rings. The smallest absolute Gasteiger partial charge is 0.341 e. The molecule has 2 N–H and O–H groups in total. The van der Waals surface area contributed by atoms with Crippen molar-refractivity contribution in [2.75, 3.05) is 6.61 Å². The summed E-state index contributed by atoms with van der Waals surface area (Å²) in [5.74, 6) is -0.867. The standard InChI is InChI=1S/C13H16O5/c1-3-17-12(15)9-5-4-8-6-7(2)18-13(16)10(8)11(9)14/h4-5,7,13-14,16H,3,6H2,1-2H3/t7-,13+/m1/s1. The maximum Gasteiger partial charge on any atom is 0.341 e. The molecule has 0 bridgehead atoms. The number of aliphatic hydroxyl groups excluding tert-OH is 1. The van der Waals surface area contributed by atoms with Gasteiger partial charge in [0.05, 0.1) is 18.3 Å². The Labute approximate surface area is 105 Å². The molecule has 98 valence electrons. The van der Waals surface area contributed by atoms with Crippen molar-refractivity contribution in [3.63, 3.8) is 0 Å². The summed E-state index contributed by atoms with van der Waals surface area (Å²) in [4.78, 5) is 11.6. The first-order valence-electron chi connectivity index (χ1n) is 5.90. The second kappa shape index (κ2) is 4.96. The number of carbonyl (C=O) groups excluding carboxylic acids is 1. The molecule has 5 heteroatoms. The Balaban J connectivity index is 2.44. The van der Waals surface area contributed by atoms with E-state index in [2.05, 4.69) is 0 Å². The van der Waals surface area contributed by atoms with Gasteiger partial charge in [-0.25, -0.2) is 4.79 Å². The maximum absolute atomic E-state index is 11.6. The fourth-order valence-corrected chi connectivity index (χ4v) is 2.12. The summed E-state index contributed by atoms with van der Waals surface area (Å²) in [5, 5.41) is 19.9. The van der Waals surface area contributed by atoms with Gasteiger partial charge in [0.1, 0.15) is 11.3 Å². The number of esters is 1.